The molecule has 0 atom stereocenters. The number of piperazine rings is 1. The van der Waals surface area contributed by atoms with Gasteiger partial charge in [0.05, 0.1) is 0 Å². The topological polar surface area (TPSA) is 40.5 Å². The van der Waals surface area contributed by atoms with Gasteiger partial charge in [-0.3, -0.25) is 9.69 Å². The van der Waals surface area contributed by atoms with E-state index in [0.29, 0.717) is 12.1 Å². The molecule has 0 bridgehead atoms. The van der Waals surface area contributed by atoms with E-state index in [1.54, 1.807) is 0 Å². The van der Waals surface area contributed by atoms with Crippen molar-refractivity contribution in [2.75, 3.05) is 33.2 Å². The molecule has 1 aliphatic rings. The molecule has 1 aromatic heterocycles. The number of hydrogen-bond donors (Lipinski definition) is 1. The molecule has 5 nitrogen and oxygen atoms in total. The number of nitrogens with zero attached hydrogens (tertiary/aromatic N) is 3. The summed E-state index contributed by atoms with van der Waals surface area (Å²) in [7, 11) is 2.18. The molecule has 0 radical (unpaired) electrons. The zero-order valence-electron chi connectivity index (χ0n) is 16.9. The lowest BCUT2D eigenvalue weighted by Gasteiger charge is -2.32. The second-order valence-electron chi connectivity index (χ2n) is 7.72. The average molecular weight is 389 g/mol. The van der Waals surface area contributed by atoms with Gasteiger partial charge in [0.1, 0.15) is 0 Å². The highest BCUT2D eigenvalue weighted by Gasteiger charge is 2.14. The van der Waals surface area contributed by atoms with Crippen LogP contribution in [0.25, 0.3) is 5.69 Å². The van der Waals surface area contributed by atoms with E-state index in [9.17, 15) is 4.79 Å². The maximum Gasteiger partial charge on any atom is 0.251 e. The molecular weight excluding hydrogens is 360 g/mol. The maximum absolute atomic E-state index is 12.6. The molecule has 2 aromatic carbocycles. The van der Waals surface area contributed by atoms with Crippen LogP contribution in [0.5, 0.6) is 0 Å². The van der Waals surface area contributed by atoms with Crippen LogP contribution in [-0.2, 0) is 13.1 Å². The Labute approximate surface area is 172 Å². The highest BCUT2D eigenvalue weighted by atomic mass is 16.1. The molecule has 0 spiro atoms. The van der Waals surface area contributed by atoms with E-state index >= 15 is 0 Å². The third-order valence-electron chi connectivity index (χ3n) is 5.46. The monoisotopic (exact) mass is 388 g/mol. The Morgan fingerprint density at radius 1 is 0.897 bits per heavy atom. The van der Waals surface area contributed by atoms with E-state index < -0.39 is 0 Å². The minimum absolute atomic E-state index is 0.0523. The molecule has 0 aliphatic carbocycles. The SMILES string of the molecule is CN1CCN(Cc2cccc(CNC(=O)c3cccc(-n4cccc4)c3)c2)CC1. The summed E-state index contributed by atoms with van der Waals surface area (Å²) < 4.78 is 2.00. The van der Waals surface area contributed by atoms with Crippen molar-refractivity contribution in [1.82, 2.24) is 19.7 Å². The van der Waals surface area contributed by atoms with Crippen molar-refractivity contribution in [3.05, 3.63) is 89.7 Å². The number of hydrogen-bond acceptors (Lipinski definition) is 3. The molecule has 1 amide bonds. The summed E-state index contributed by atoms with van der Waals surface area (Å²) in [5, 5.41) is 3.06. The van der Waals surface area contributed by atoms with Gasteiger partial charge >= 0.3 is 0 Å². The first-order chi connectivity index (χ1) is 14.2. The van der Waals surface area contributed by atoms with Gasteiger partial charge in [-0.1, -0.05) is 30.3 Å². The molecule has 150 valence electrons. The van der Waals surface area contributed by atoms with E-state index in [1.807, 2.05) is 53.4 Å². The third-order valence-corrected chi connectivity index (χ3v) is 5.46. The highest BCUT2D eigenvalue weighted by molar-refractivity contribution is 5.94. The molecule has 2 heterocycles. The Hall–Kier alpha value is -2.89. The number of benzene rings is 2. The van der Waals surface area contributed by atoms with Crippen LogP contribution in [0.15, 0.2) is 73.1 Å². The van der Waals surface area contributed by atoms with Crippen LogP contribution >= 0.6 is 0 Å². The molecular formula is C24H28N4O. The molecule has 1 N–H and O–H groups in total. The van der Waals surface area contributed by atoms with E-state index in [-0.39, 0.29) is 5.91 Å². The summed E-state index contributed by atoms with van der Waals surface area (Å²) in [5.74, 6) is -0.0523. The lowest BCUT2D eigenvalue weighted by atomic mass is 10.1. The first kappa shape index (κ1) is 19.4. The zero-order valence-corrected chi connectivity index (χ0v) is 16.9. The third kappa shape index (κ3) is 5.13. The van der Waals surface area contributed by atoms with Gasteiger partial charge in [-0.15, -0.1) is 0 Å². The summed E-state index contributed by atoms with van der Waals surface area (Å²) in [6, 6.07) is 20.2. The lowest BCUT2D eigenvalue weighted by Crippen LogP contribution is -2.43. The number of carbonyl (C=O) groups excluding carboxylic acids is 1. The molecule has 0 unspecified atom stereocenters. The van der Waals surface area contributed by atoms with Crippen LogP contribution in [0.2, 0.25) is 0 Å². The molecule has 1 aliphatic heterocycles. The highest BCUT2D eigenvalue weighted by Crippen LogP contribution is 2.13. The van der Waals surface area contributed by atoms with Crippen LogP contribution in [0.3, 0.4) is 0 Å². The number of amides is 1. The quantitative estimate of drug-likeness (QED) is 0.705. The molecule has 0 saturated carbocycles. The van der Waals surface area contributed by atoms with E-state index in [1.165, 1.54) is 5.56 Å². The molecule has 3 aromatic rings. The number of rotatable bonds is 6. The normalized spacial score (nSPS) is 15.3. The number of nitrogens with one attached hydrogen (secondary N) is 1. The van der Waals surface area contributed by atoms with Crippen LogP contribution in [0, 0.1) is 0 Å². The van der Waals surface area contributed by atoms with E-state index in [0.717, 1.165) is 44.0 Å². The predicted molar refractivity (Wildman–Crippen MR) is 116 cm³/mol. The Morgan fingerprint density at radius 2 is 1.62 bits per heavy atom. The van der Waals surface area contributed by atoms with Crippen LogP contribution < -0.4 is 5.32 Å². The van der Waals surface area contributed by atoms with Crippen molar-refractivity contribution in [3.63, 3.8) is 0 Å². The zero-order chi connectivity index (χ0) is 20.1. The molecule has 5 heteroatoms. The minimum atomic E-state index is -0.0523. The molecule has 29 heavy (non-hydrogen) atoms. The van der Waals surface area contributed by atoms with Gasteiger partial charge in [-0.25, -0.2) is 0 Å². The molecule has 4 rings (SSSR count). The van der Waals surface area contributed by atoms with Crippen LogP contribution in [-0.4, -0.2) is 53.5 Å². The Balaban J connectivity index is 1.35. The Kier molecular flexibility index (Phi) is 6.08. The maximum atomic E-state index is 12.6. The second kappa shape index (κ2) is 9.07. The number of aromatic nitrogens is 1. The van der Waals surface area contributed by atoms with Gasteiger partial charge in [-0.2, -0.15) is 0 Å². The van der Waals surface area contributed by atoms with Gasteiger partial charge in [0.25, 0.3) is 5.91 Å². The Bertz CT molecular complexity index is 943. The first-order valence-electron chi connectivity index (χ1n) is 10.2. The lowest BCUT2D eigenvalue weighted by molar-refractivity contribution is 0.0951. The number of likely N-dealkylation sites (N-methyl/N-ethyl adjacent to an activating group) is 1. The minimum Gasteiger partial charge on any atom is -0.348 e. The number of carbonyl (C=O) groups is 1. The first-order valence-corrected chi connectivity index (χ1v) is 10.2. The Morgan fingerprint density at radius 3 is 2.41 bits per heavy atom. The fraction of sp³-hybridized carbons (Fsp3) is 0.292. The van der Waals surface area contributed by atoms with Crippen molar-refractivity contribution in [2.45, 2.75) is 13.1 Å². The van der Waals surface area contributed by atoms with Gasteiger partial charge in [-0.05, 0) is 48.5 Å². The largest absolute Gasteiger partial charge is 0.348 e. The van der Waals surface area contributed by atoms with Gasteiger partial charge in [0, 0.05) is 62.9 Å². The fourth-order valence-corrected chi connectivity index (χ4v) is 3.70. The summed E-state index contributed by atoms with van der Waals surface area (Å²) in [5.41, 5.74) is 4.09. The standard InChI is InChI=1S/C24H28N4O/c1-26-12-14-27(15-13-26)19-21-7-4-6-20(16-21)18-25-24(29)22-8-5-9-23(17-22)28-10-2-3-11-28/h2-11,16-17H,12-15,18-19H2,1H3,(H,25,29). The van der Waals surface area contributed by atoms with Crippen molar-refractivity contribution in [2.24, 2.45) is 0 Å². The van der Waals surface area contributed by atoms with Gasteiger partial charge in [0.2, 0.25) is 0 Å². The molecule has 1 saturated heterocycles. The summed E-state index contributed by atoms with van der Waals surface area (Å²) in [4.78, 5) is 17.5. The van der Waals surface area contributed by atoms with Gasteiger partial charge < -0.3 is 14.8 Å². The van der Waals surface area contributed by atoms with Crippen LogP contribution in [0.1, 0.15) is 21.5 Å². The average Bonchev–Trinajstić information content (AvgIpc) is 3.29. The summed E-state index contributed by atoms with van der Waals surface area (Å²) >= 11 is 0. The second-order valence-corrected chi connectivity index (χ2v) is 7.72. The van der Waals surface area contributed by atoms with E-state index in [4.69, 9.17) is 0 Å². The van der Waals surface area contributed by atoms with Gasteiger partial charge in [0.15, 0.2) is 0 Å². The fourth-order valence-electron chi connectivity index (χ4n) is 3.70. The summed E-state index contributed by atoms with van der Waals surface area (Å²) in [6.45, 7) is 5.96. The van der Waals surface area contributed by atoms with Crippen LogP contribution in [0.4, 0.5) is 0 Å². The molecule has 1 fully saturated rings. The smallest absolute Gasteiger partial charge is 0.251 e. The van der Waals surface area contributed by atoms with Crippen molar-refractivity contribution < 1.29 is 4.79 Å². The van der Waals surface area contributed by atoms with Crippen molar-refractivity contribution in [3.8, 4) is 5.69 Å². The predicted octanol–water partition coefficient (Wildman–Crippen LogP) is 3.15. The van der Waals surface area contributed by atoms with E-state index in [2.05, 4.69) is 46.4 Å². The van der Waals surface area contributed by atoms with Crippen molar-refractivity contribution >= 4 is 5.91 Å². The van der Waals surface area contributed by atoms with Crippen molar-refractivity contribution in [1.29, 1.82) is 0 Å². The summed E-state index contributed by atoms with van der Waals surface area (Å²) in [6.07, 6.45) is 3.95.